The summed E-state index contributed by atoms with van der Waals surface area (Å²) in [5, 5.41) is 29.2. The van der Waals surface area contributed by atoms with Gasteiger partial charge in [0.2, 0.25) is 0 Å². The minimum Gasteiger partial charge on any atom is -0.393 e. The number of aliphatic hydroxyl groups excluding tert-OH is 1. The lowest BCUT2D eigenvalue weighted by molar-refractivity contribution is -0.000503. The van der Waals surface area contributed by atoms with Crippen molar-refractivity contribution in [1.29, 1.82) is 5.26 Å². The van der Waals surface area contributed by atoms with Crippen LogP contribution in [-0.2, 0) is 11.0 Å². The molecule has 9 heteroatoms. The standard InChI is InChI=1S/C12H13ClN2O3S.C6H5ClS/c13-10-1-2-11(9(5-10)6-14)19(18)15-4-3-12(17,7-15)8-16;7-5-1-3-6(8)4-2-5/h1-2,5,16-17H,3-4,7-8H2;1-4,8H. The number of rotatable bonds is 3. The topological polar surface area (TPSA) is 84.6 Å². The number of β-amino-alcohol motifs (C(OH)–C–C–N with tert-alkyl or cyclic N) is 1. The minimum atomic E-state index is -1.55. The molecule has 1 fully saturated rings. The molecule has 5 nitrogen and oxygen atoms in total. The molecule has 2 unspecified atom stereocenters. The SMILES string of the molecule is N#Cc1cc(Cl)ccc1S(=O)N1CCC(O)(CO)C1.Sc1ccc(Cl)cc1. The predicted molar refractivity (Wildman–Crippen MR) is 110 cm³/mol. The molecule has 1 aliphatic rings. The van der Waals surface area contributed by atoms with E-state index in [0.29, 0.717) is 22.9 Å². The van der Waals surface area contributed by atoms with Crippen LogP contribution in [0.1, 0.15) is 12.0 Å². The summed E-state index contributed by atoms with van der Waals surface area (Å²) in [7, 11) is -1.55. The molecule has 1 heterocycles. The molecular formula is C18H18Cl2N2O3S2. The van der Waals surface area contributed by atoms with Gasteiger partial charge in [0.05, 0.1) is 17.1 Å². The van der Waals surface area contributed by atoms with Crippen LogP contribution in [0.2, 0.25) is 10.0 Å². The van der Waals surface area contributed by atoms with Crippen molar-refractivity contribution in [2.75, 3.05) is 19.7 Å². The highest BCUT2D eigenvalue weighted by Crippen LogP contribution is 2.27. The first-order valence-corrected chi connectivity index (χ1v) is 10.2. The van der Waals surface area contributed by atoms with Gasteiger partial charge < -0.3 is 10.2 Å². The molecule has 0 spiro atoms. The van der Waals surface area contributed by atoms with Crippen LogP contribution >= 0.6 is 35.8 Å². The van der Waals surface area contributed by atoms with E-state index < -0.39 is 16.6 Å². The van der Waals surface area contributed by atoms with Crippen LogP contribution < -0.4 is 0 Å². The van der Waals surface area contributed by atoms with Crippen LogP contribution in [-0.4, -0.2) is 44.0 Å². The summed E-state index contributed by atoms with van der Waals surface area (Å²) in [4.78, 5) is 1.31. The molecule has 1 aliphatic heterocycles. The van der Waals surface area contributed by atoms with Gasteiger partial charge in [-0.2, -0.15) is 5.26 Å². The Morgan fingerprint density at radius 1 is 1.22 bits per heavy atom. The van der Waals surface area contributed by atoms with Gasteiger partial charge in [-0.25, -0.2) is 8.51 Å². The average molecular weight is 445 g/mol. The molecule has 2 atom stereocenters. The fraction of sp³-hybridized carbons (Fsp3) is 0.278. The van der Waals surface area contributed by atoms with Crippen molar-refractivity contribution in [2.45, 2.75) is 21.8 Å². The number of aliphatic hydroxyl groups is 2. The third kappa shape index (κ3) is 6.19. The van der Waals surface area contributed by atoms with Crippen molar-refractivity contribution in [3.8, 4) is 6.07 Å². The van der Waals surface area contributed by atoms with E-state index in [1.165, 1.54) is 6.07 Å². The first-order chi connectivity index (χ1) is 12.8. The van der Waals surface area contributed by atoms with Gasteiger partial charge in [-0.1, -0.05) is 23.2 Å². The quantitative estimate of drug-likeness (QED) is 0.633. The molecule has 3 rings (SSSR count). The van der Waals surface area contributed by atoms with Crippen molar-refractivity contribution >= 4 is 46.8 Å². The van der Waals surface area contributed by atoms with E-state index in [2.05, 4.69) is 12.6 Å². The number of benzene rings is 2. The summed E-state index contributed by atoms with van der Waals surface area (Å²) >= 11 is 15.4. The first-order valence-electron chi connectivity index (χ1n) is 7.92. The fourth-order valence-electron chi connectivity index (χ4n) is 2.41. The second-order valence-corrected chi connectivity index (χ2v) is 8.82. The molecule has 0 aromatic heterocycles. The number of halogens is 2. The van der Waals surface area contributed by atoms with E-state index in [1.807, 2.05) is 30.3 Å². The maximum atomic E-state index is 12.4. The van der Waals surface area contributed by atoms with Crippen LogP contribution in [0.3, 0.4) is 0 Å². The Hall–Kier alpha value is -1.11. The monoisotopic (exact) mass is 444 g/mol. The summed E-state index contributed by atoms with van der Waals surface area (Å²) in [5.74, 6) is 0. The molecule has 0 radical (unpaired) electrons. The molecule has 2 aromatic rings. The lowest BCUT2D eigenvalue weighted by Crippen LogP contribution is -2.37. The molecule has 0 saturated carbocycles. The van der Waals surface area contributed by atoms with Crippen LogP contribution in [0.5, 0.6) is 0 Å². The van der Waals surface area contributed by atoms with Crippen molar-refractivity contribution in [3.63, 3.8) is 0 Å². The van der Waals surface area contributed by atoms with Crippen LogP contribution in [0.15, 0.2) is 52.3 Å². The Kier molecular flexibility index (Phi) is 8.13. The molecule has 1 saturated heterocycles. The number of thiol groups is 1. The average Bonchev–Trinajstić information content (AvgIpc) is 3.07. The highest BCUT2D eigenvalue weighted by Gasteiger charge is 2.38. The maximum absolute atomic E-state index is 12.4. The van der Waals surface area contributed by atoms with Gasteiger partial charge in [-0.3, -0.25) is 0 Å². The second kappa shape index (κ2) is 9.89. The van der Waals surface area contributed by atoms with Gasteiger partial charge in [0.1, 0.15) is 22.7 Å². The van der Waals surface area contributed by atoms with E-state index in [0.717, 1.165) is 9.92 Å². The number of nitriles is 1. The molecular weight excluding hydrogens is 427 g/mol. The number of nitrogens with zero attached hydrogens (tertiary/aromatic N) is 2. The minimum absolute atomic E-state index is 0.115. The van der Waals surface area contributed by atoms with E-state index in [-0.39, 0.29) is 18.7 Å². The lowest BCUT2D eigenvalue weighted by Gasteiger charge is -2.20. The van der Waals surface area contributed by atoms with E-state index >= 15 is 0 Å². The summed E-state index contributed by atoms with van der Waals surface area (Å²) in [6.45, 7) is 0.146. The highest BCUT2D eigenvalue weighted by molar-refractivity contribution is 7.82. The Labute approximate surface area is 176 Å². The van der Waals surface area contributed by atoms with Gasteiger partial charge in [0, 0.05) is 28.0 Å². The predicted octanol–water partition coefficient (Wildman–Crippen LogP) is 3.29. The van der Waals surface area contributed by atoms with Gasteiger partial charge in [-0.15, -0.1) is 12.6 Å². The first kappa shape index (κ1) is 22.2. The van der Waals surface area contributed by atoms with Crippen LogP contribution in [0, 0.1) is 11.3 Å². The summed E-state index contributed by atoms with van der Waals surface area (Å²) in [6, 6.07) is 13.9. The molecule has 2 N–H and O–H groups in total. The Morgan fingerprint density at radius 3 is 2.37 bits per heavy atom. The summed E-state index contributed by atoms with van der Waals surface area (Å²) in [5.41, 5.74) is -0.959. The fourth-order valence-corrected chi connectivity index (χ4v) is 4.23. The van der Waals surface area contributed by atoms with Crippen molar-refractivity contribution in [2.24, 2.45) is 0 Å². The van der Waals surface area contributed by atoms with E-state index in [9.17, 15) is 9.32 Å². The molecule has 0 aliphatic carbocycles. The molecule has 2 aromatic carbocycles. The third-order valence-electron chi connectivity index (χ3n) is 3.90. The van der Waals surface area contributed by atoms with E-state index in [1.54, 1.807) is 16.4 Å². The molecule has 144 valence electrons. The number of hydrogen-bond donors (Lipinski definition) is 3. The second-order valence-electron chi connectivity index (χ2n) is 5.97. The zero-order valence-electron chi connectivity index (χ0n) is 14.2. The lowest BCUT2D eigenvalue weighted by atomic mass is 10.1. The Morgan fingerprint density at radius 2 is 1.85 bits per heavy atom. The van der Waals surface area contributed by atoms with Crippen LogP contribution in [0.4, 0.5) is 0 Å². The Balaban J connectivity index is 0.000000273. The van der Waals surface area contributed by atoms with Gasteiger partial charge >= 0.3 is 0 Å². The molecule has 0 amide bonds. The zero-order valence-corrected chi connectivity index (χ0v) is 17.4. The smallest absolute Gasteiger partial charge is 0.129 e. The van der Waals surface area contributed by atoms with Crippen molar-refractivity contribution in [3.05, 3.63) is 58.1 Å². The number of hydrogen-bond acceptors (Lipinski definition) is 5. The van der Waals surface area contributed by atoms with Crippen molar-refractivity contribution < 1.29 is 14.4 Å². The zero-order chi connectivity index (χ0) is 20.0. The molecule has 27 heavy (non-hydrogen) atoms. The summed E-state index contributed by atoms with van der Waals surface area (Å²) < 4.78 is 13.9. The molecule has 0 bridgehead atoms. The van der Waals surface area contributed by atoms with Gasteiger partial charge in [0.25, 0.3) is 0 Å². The van der Waals surface area contributed by atoms with Crippen molar-refractivity contribution in [1.82, 2.24) is 4.31 Å². The maximum Gasteiger partial charge on any atom is 0.129 e. The highest BCUT2D eigenvalue weighted by atomic mass is 35.5. The largest absolute Gasteiger partial charge is 0.393 e. The summed E-state index contributed by atoms with van der Waals surface area (Å²) in [6.07, 6.45) is 0.352. The van der Waals surface area contributed by atoms with Gasteiger partial charge in [0.15, 0.2) is 0 Å². The normalized spacial score (nSPS) is 20.4. The van der Waals surface area contributed by atoms with Crippen LogP contribution in [0.25, 0.3) is 0 Å². The van der Waals surface area contributed by atoms with Gasteiger partial charge in [-0.05, 0) is 48.9 Å². The Bertz CT molecular complexity index is 838. The van der Waals surface area contributed by atoms with E-state index in [4.69, 9.17) is 33.6 Å². The third-order valence-corrected chi connectivity index (χ3v) is 6.20.